The molecule has 59 heavy (non-hydrogen) atoms. The van der Waals surface area contributed by atoms with Gasteiger partial charge in [0, 0.05) is 17.8 Å². The van der Waals surface area contributed by atoms with Gasteiger partial charge in [-0.15, -0.1) is 10.2 Å². The van der Waals surface area contributed by atoms with E-state index < -0.39 is 103 Å². The molecule has 0 heterocycles. The van der Waals surface area contributed by atoms with Gasteiger partial charge in [-0.2, -0.15) is 35.5 Å². The number of benzene rings is 4. The number of amides is 1. The molecule has 318 valence electrons. The molecule has 0 aliphatic heterocycles. The first kappa shape index (κ1) is 46.4. The van der Waals surface area contributed by atoms with Gasteiger partial charge in [0.1, 0.15) is 16.3 Å². The molecular weight excluding hydrogens is 887 g/mol. The van der Waals surface area contributed by atoms with Gasteiger partial charge in [-0.05, 0) is 66.7 Å². The lowest BCUT2D eigenvalue weighted by atomic mass is 10.1. The van der Waals surface area contributed by atoms with Gasteiger partial charge < -0.3 is 16.4 Å². The smallest absolute Gasteiger partial charge is 0.396 e. The molecule has 0 saturated heterocycles. The molecule has 0 fully saturated rings. The van der Waals surface area contributed by atoms with Crippen LogP contribution < -0.4 is 16.4 Å². The number of carbonyl (C=O) groups excluding carboxylic acids is 1. The van der Waals surface area contributed by atoms with E-state index in [1.807, 2.05) is 0 Å². The van der Waals surface area contributed by atoms with E-state index in [4.69, 9.17) is 20.6 Å². The first-order chi connectivity index (χ1) is 27.4. The largest absolute Gasteiger partial charge is 0.397 e. The predicted octanol–water partition coefficient (Wildman–Crippen LogP) is 3.40. The zero-order chi connectivity index (χ0) is 43.8. The first-order valence-electron chi connectivity index (χ1n) is 16.1. The predicted molar refractivity (Wildman–Crippen MR) is 210 cm³/mol. The van der Waals surface area contributed by atoms with E-state index in [2.05, 4.69) is 28.8 Å². The van der Waals surface area contributed by atoms with Gasteiger partial charge in [0.2, 0.25) is 0 Å². The van der Waals surface area contributed by atoms with Crippen LogP contribution in [0.25, 0.3) is 0 Å². The fourth-order valence-electron chi connectivity index (χ4n) is 4.75. The third-order valence-electron chi connectivity index (χ3n) is 7.60. The van der Waals surface area contributed by atoms with E-state index in [-0.39, 0.29) is 39.8 Å². The standard InChI is InChI=1S/C31H33N7O16S5/c32-28-26(36-34-23-10-12-25(13-11-23)56(42,43)19-16-54-59(50,51)52)20-27(57(44,45)46)29(33)30(28)37-35-22-8-6-21(7-9-22)31(39)38(24-4-2-1-3-5-24)14-17-55(40,41)18-15-53-58(47,48)49/h1-13,20H,14-19,32-33H2,(H,44,45,46)(H,47,48,49)(H,50,51,52). The van der Waals surface area contributed by atoms with Crippen LogP contribution in [0.3, 0.4) is 0 Å². The van der Waals surface area contributed by atoms with Gasteiger partial charge in [0.25, 0.3) is 16.0 Å². The van der Waals surface area contributed by atoms with E-state index >= 15 is 0 Å². The van der Waals surface area contributed by atoms with Crippen molar-refractivity contribution in [2.24, 2.45) is 20.5 Å². The molecule has 23 nitrogen and oxygen atoms in total. The van der Waals surface area contributed by atoms with Gasteiger partial charge in [0.15, 0.2) is 19.7 Å². The molecule has 0 bridgehead atoms. The van der Waals surface area contributed by atoms with E-state index in [0.29, 0.717) is 5.69 Å². The Labute approximate surface area is 337 Å². The van der Waals surface area contributed by atoms with Gasteiger partial charge >= 0.3 is 20.8 Å². The lowest BCUT2D eigenvalue weighted by molar-refractivity contribution is 0.0988. The van der Waals surface area contributed by atoms with Crippen LogP contribution >= 0.6 is 0 Å². The van der Waals surface area contributed by atoms with Crippen molar-refractivity contribution in [1.82, 2.24) is 0 Å². The third-order valence-corrected chi connectivity index (χ3v) is 12.7. The Morgan fingerprint density at radius 1 is 0.627 bits per heavy atom. The summed E-state index contributed by atoms with van der Waals surface area (Å²) in [4.78, 5) is 13.6. The molecule has 0 radical (unpaired) electrons. The second-order valence-corrected chi connectivity index (χ2v) is 19.7. The van der Waals surface area contributed by atoms with Crippen LogP contribution in [0.5, 0.6) is 0 Å². The Hall–Kier alpha value is -5.30. The number of hydrogen-bond donors (Lipinski definition) is 5. The van der Waals surface area contributed by atoms with Crippen molar-refractivity contribution >= 4 is 96.3 Å². The highest BCUT2D eigenvalue weighted by molar-refractivity contribution is 7.91. The Kier molecular flexibility index (Phi) is 14.7. The molecule has 0 aliphatic rings. The summed E-state index contributed by atoms with van der Waals surface area (Å²) in [6.07, 6.45) is 0. The summed E-state index contributed by atoms with van der Waals surface area (Å²) >= 11 is 0. The van der Waals surface area contributed by atoms with Crippen molar-refractivity contribution in [3.8, 4) is 0 Å². The molecule has 4 aromatic carbocycles. The number of sulfone groups is 2. The molecule has 0 aromatic heterocycles. The topological polar surface area (TPSA) is 372 Å². The lowest BCUT2D eigenvalue weighted by Crippen LogP contribution is -2.36. The lowest BCUT2D eigenvalue weighted by Gasteiger charge is -2.23. The van der Waals surface area contributed by atoms with Crippen molar-refractivity contribution in [2.45, 2.75) is 9.79 Å². The summed E-state index contributed by atoms with van der Waals surface area (Å²) in [6, 6.07) is 18.7. The van der Waals surface area contributed by atoms with Crippen molar-refractivity contribution in [3.63, 3.8) is 0 Å². The number of hydrogen-bond acceptors (Lipinski definition) is 19. The van der Waals surface area contributed by atoms with E-state index in [1.54, 1.807) is 30.3 Å². The molecule has 1 amide bonds. The van der Waals surface area contributed by atoms with Crippen molar-refractivity contribution < 1.29 is 68.9 Å². The number of nitrogens with zero attached hydrogens (tertiary/aromatic N) is 5. The number of anilines is 3. The zero-order valence-corrected chi connectivity index (χ0v) is 34.0. The van der Waals surface area contributed by atoms with Gasteiger partial charge in [-0.1, -0.05) is 18.2 Å². The van der Waals surface area contributed by atoms with Crippen LogP contribution in [-0.2, 0) is 59.0 Å². The second-order valence-electron chi connectivity index (χ2n) is 11.7. The quantitative estimate of drug-likeness (QED) is 0.0511. The minimum Gasteiger partial charge on any atom is -0.396 e. The molecule has 0 unspecified atom stereocenters. The Morgan fingerprint density at radius 3 is 1.69 bits per heavy atom. The molecule has 28 heteroatoms. The minimum absolute atomic E-state index is 0.0262. The average Bonchev–Trinajstić information content (AvgIpc) is 3.13. The summed E-state index contributed by atoms with van der Waals surface area (Å²) in [6.45, 7) is -2.05. The van der Waals surface area contributed by atoms with Crippen molar-refractivity contribution in [2.75, 3.05) is 53.4 Å². The van der Waals surface area contributed by atoms with Gasteiger partial charge in [0.05, 0.1) is 58.1 Å². The van der Waals surface area contributed by atoms with Crippen molar-refractivity contribution in [3.05, 3.63) is 90.5 Å². The maximum atomic E-state index is 13.6. The number of nitrogens with two attached hydrogens (primary N) is 2. The van der Waals surface area contributed by atoms with E-state index in [1.165, 1.54) is 41.3 Å². The van der Waals surface area contributed by atoms with Crippen LogP contribution in [0.15, 0.2) is 115 Å². The second kappa shape index (κ2) is 18.7. The Morgan fingerprint density at radius 2 is 1.15 bits per heavy atom. The molecule has 0 spiro atoms. The molecule has 0 atom stereocenters. The molecular formula is C31H33N7O16S5. The van der Waals surface area contributed by atoms with Crippen LogP contribution in [0.1, 0.15) is 10.4 Å². The monoisotopic (exact) mass is 919 g/mol. The molecule has 7 N–H and O–H groups in total. The molecule has 4 rings (SSSR count). The fraction of sp³-hybridized carbons (Fsp3) is 0.194. The average molecular weight is 920 g/mol. The van der Waals surface area contributed by atoms with Crippen LogP contribution in [0.4, 0.5) is 39.8 Å². The summed E-state index contributed by atoms with van der Waals surface area (Å²) < 4.78 is 153. The number of nitrogen functional groups attached to an aromatic ring is 2. The first-order valence-corrected chi connectivity index (χ1v) is 23.8. The highest BCUT2D eigenvalue weighted by Crippen LogP contribution is 2.43. The number of rotatable bonds is 19. The summed E-state index contributed by atoms with van der Waals surface area (Å²) in [5.41, 5.74) is 10.9. The molecule has 4 aromatic rings. The van der Waals surface area contributed by atoms with E-state index in [9.17, 15) is 51.4 Å². The Bertz CT molecular complexity index is 2810. The normalized spacial score (nSPS) is 12.9. The van der Waals surface area contributed by atoms with Crippen LogP contribution in [-0.4, -0.2) is 98.7 Å². The maximum absolute atomic E-state index is 13.6. The summed E-state index contributed by atoms with van der Waals surface area (Å²) in [5.74, 6) is -2.80. The minimum atomic E-state index is -5.01. The third kappa shape index (κ3) is 13.9. The Balaban J connectivity index is 1.56. The molecule has 0 aliphatic carbocycles. The molecule has 0 saturated carbocycles. The fourth-order valence-corrected chi connectivity index (χ4v) is 8.28. The number of carbonyl (C=O) groups is 1. The summed E-state index contributed by atoms with van der Waals surface area (Å²) in [7, 11) is -22.7. The number of azo groups is 2. The van der Waals surface area contributed by atoms with Gasteiger partial charge in [-0.3, -0.25) is 18.5 Å². The van der Waals surface area contributed by atoms with Crippen molar-refractivity contribution in [1.29, 1.82) is 0 Å². The van der Waals surface area contributed by atoms with Crippen LogP contribution in [0.2, 0.25) is 0 Å². The van der Waals surface area contributed by atoms with Crippen LogP contribution in [0, 0.1) is 0 Å². The number of para-hydroxylation sites is 1. The maximum Gasteiger partial charge on any atom is 0.397 e. The van der Waals surface area contributed by atoms with Gasteiger partial charge in [-0.25, -0.2) is 25.2 Å². The zero-order valence-electron chi connectivity index (χ0n) is 29.9. The van der Waals surface area contributed by atoms with E-state index in [0.717, 1.165) is 18.2 Å². The summed E-state index contributed by atoms with van der Waals surface area (Å²) in [5, 5.41) is 15.7. The highest BCUT2D eigenvalue weighted by Gasteiger charge is 2.24. The highest BCUT2D eigenvalue weighted by atomic mass is 32.3. The SMILES string of the molecule is Nc1c(N=Nc2ccc(S(=O)(=O)CCOS(=O)(=O)O)cc2)cc(S(=O)(=O)O)c(N)c1N=Nc1ccc(C(=O)N(CCS(=O)(=O)CCOS(=O)(=O)O)c2ccccc2)cc1.